The lowest BCUT2D eigenvalue weighted by atomic mass is 10.2. The third-order valence-corrected chi connectivity index (χ3v) is 3.59. The molecule has 0 saturated heterocycles. The molecule has 0 fully saturated rings. The molecule has 0 saturated carbocycles. The van der Waals surface area contributed by atoms with Gasteiger partial charge < -0.3 is 5.32 Å². The molecule has 3 rings (SSSR count). The fraction of sp³-hybridized carbons (Fsp3) is 0.111. The predicted molar refractivity (Wildman–Crippen MR) is 91.8 cm³/mol. The fourth-order valence-corrected chi connectivity index (χ4v) is 2.33. The first-order valence-corrected chi connectivity index (χ1v) is 7.79. The van der Waals surface area contributed by atoms with Crippen LogP contribution in [-0.4, -0.2) is 20.7 Å². The van der Waals surface area contributed by atoms with E-state index in [1.807, 2.05) is 6.07 Å². The summed E-state index contributed by atoms with van der Waals surface area (Å²) in [6.07, 6.45) is -3.18. The first kappa shape index (κ1) is 18.3. The van der Waals surface area contributed by atoms with Crippen LogP contribution in [-0.2, 0) is 17.5 Å². The normalized spacial score (nSPS) is 11.2. The van der Waals surface area contributed by atoms with Gasteiger partial charge in [-0.15, -0.1) is 0 Å². The number of carbonyl (C=O) groups excluding carboxylic acids is 1. The quantitative estimate of drug-likeness (QED) is 0.762. The number of benzene rings is 2. The predicted octanol–water partition coefficient (Wildman–Crippen LogP) is 2.96. The summed E-state index contributed by atoms with van der Waals surface area (Å²) in [5, 5.41) is 6.20. The summed E-state index contributed by atoms with van der Waals surface area (Å²) in [6.45, 7) is -0.475. The first-order valence-electron chi connectivity index (χ1n) is 7.79. The summed E-state index contributed by atoms with van der Waals surface area (Å²) < 4.78 is 38.9. The molecule has 0 atom stereocenters. The topological polar surface area (TPSA) is 76.9 Å². The van der Waals surface area contributed by atoms with E-state index in [1.54, 1.807) is 24.3 Å². The Morgan fingerprint density at radius 2 is 1.81 bits per heavy atom. The number of alkyl halides is 3. The molecule has 0 aliphatic rings. The van der Waals surface area contributed by atoms with Crippen LogP contribution in [0.1, 0.15) is 5.56 Å². The van der Waals surface area contributed by atoms with Gasteiger partial charge in [0.15, 0.2) is 0 Å². The van der Waals surface area contributed by atoms with Crippen molar-refractivity contribution in [3.8, 4) is 11.3 Å². The van der Waals surface area contributed by atoms with Crippen molar-refractivity contribution >= 4 is 11.6 Å². The largest absolute Gasteiger partial charge is 0.416 e. The van der Waals surface area contributed by atoms with E-state index in [1.165, 1.54) is 18.3 Å². The SMILES string of the molecule is O=C(Cn1ncc(-c2ccccc2)nc1=O)Nc1cccc(C(F)(F)F)c1. The minimum atomic E-state index is -4.52. The lowest BCUT2D eigenvalue weighted by molar-refractivity contribution is -0.137. The maximum absolute atomic E-state index is 12.7. The minimum absolute atomic E-state index is 0.0308. The van der Waals surface area contributed by atoms with Gasteiger partial charge in [-0.1, -0.05) is 36.4 Å². The van der Waals surface area contributed by atoms with Crippen LogP contribution in [0.2, 0.25) is 0 Å². The number of anilines is 1. The highest BCUT2D eigenvalue weighted by molar-refractivity contribution is 5.90. The number of nitrogens with zero attached hydrogens (tertiary/aromatic N) is 3. The van der Waals surface area contributed by atoms with Crippen LogP contribution in [0.25, 0.3) is 11.3 Å². The summed E-state index contributed by atoms with van der Waals surface area (Å²) in [4.78, 5) is 27.9. The van der Waals surface area contributed by atoms with E-state index in [4.69, 9.17) is 0 Å². The molecule has 0 aliphatic heterocycles. The summed E-state index contributed by atoms with van der Waals surface area (Å²) >= 11 is 0. The molecule has 0 spiro atoms. The molecule has 1 aromatic heterocycles. The third-order valence-electron chi connectivity index (χ3n) is 3.59. The Labute approximate surface area is 151 Å². The van der Waals surface area contributed by atoms with Gasteiger partial charge in [0.05, 0.1) is 17.5 Å². The zero-order chi connectivity index (χ0) is 19.4. The Balaban J connectivity index is 1.72. The van der Waals surface area contributed by atoms with Crippen LogP contribution in [0.15, 0.2) is 65.6 Å². The average molecular weight is 374 g/mol. The lowest BCUT2D eigenvalue weighted by Gasteiger charge is -2.10. The summed E-state index contributed by atoms with van der Waals surface area (Å²) in [6, 6.07) is 13.1. The van der Waals surface area contributed by atoms with Gasteiger partial charge in [0.1, 0.15) is 6.54 Å². The Kier molecular flexibility index (Phi) is 5.02. The molecule has 27 heavy (non-hydrogen) atoms. The maximum atomic E-state index is 12.7. The van der Waals surface area contributed by atoms with Crippen LogP contribution in [0.3, 0.4) is 0 Å². The van der Waals surface area contributed by atoms with E-state index in [2.05, 4.69) is 15.4 Å². The number of hydrogen-bond donors (Lipinski definition) is 1. The van der Waals surface area contributed by atoms with Crippen molar-refractivity contribution in [1.29, 1.82) is 0 Å². The molecule has 1 N–H and O–H groups in total. The van der Waals surface area contributed by atoms with E-state index in [-0.39, 0.29) is 5.69 Å². The van der Waals surface area contributed by atoms with Crippen molar-refractivity contribution in [2.24, 2.45) is 0 Å². The number of halogens is 3. The van der Waals surface area contributed by atoms with Gasteiger partial charge in [0.2, 0.25) is 5.91 Å². The highest BCUT2D eigenvalue weighted by atomic mass is 19.4. The van der Waals surface area contributed by atoms with Crippen LogP contribution >= 0.6 is 0 Å². The van der Waals surface area contributed by atoms with Gasteiger partial charge in [0, 0.05) is 11.3 Å². The molecular weight excluding hydrogens is 361 g/mol. The molecule has 1 heterocycles. The average Bonchev–Trinajstić information content (AvgIpc) is 2.63. The van der Waals surface area contributed by atoms with Crippen LogP contribution < -0.4 is 11.0 Å². The Bertz CT molecular complexity index is 1020. The highest BCUT2D eigenvalue weighted by Gasteiger charge is 2.30. The van der Waals surface area contributed by atoms with E-state index in [0.717, 1.165) is 16.8 Å². The summed E-state index contributed by atoms with van der Waals surface area (Å²) in [7, 11) is 0. The number of rotatable bonds is 4. The Morgan fingerprint density at radius 1 is 1.07 bits per heavy atom. The second kappa shape index (κ2) is 7.40. The van der Waals surface area contributed by atoms with Crippen molar-refractivity contribution < 1.29 is 18.0 Å². The monoisotopic (exact) mass is 374 g/mol. The Hall–Kier alpha value is -3.49. The van der Waals surface area contributed by atoms with Gasteiger partial charge in [-0.25, -0.2) is 9.48 Å². The van der Waals surface area contributed by atoms with Crippen molar-refractivity contribution in [3.05, 3.63) is 76.8 Å². The van der Waals surface area contributed by atoms with Crippen LogP contribution in [0.5, 0.6) is 0 Å². The number of aromatic nitrogens is 3. The molecule has 3 aromatic rings. The molecule has 138 valence electrons. The van der Waals surface area contributed by atoms with Crippen LogP contribution in [0.4, 0.5) is 18.9 Å². The van der Waals surface area contributed by atoms with E-state index in [9.17, 15) is 22.8 Å². The zero-order valence-electron chi connectivity index (χ0n) is 13.8. The van der Waals surface area contributed by atoms with Crippen molar-refractivity contribution in [2.45, 2.75) is 12.7 Å². The van der Waals surface area contributed by atoms with Gasteiger partial charge in [-0.2, -0.15) is 23.3 Å². The number of amides is 1. The van der Waals surface area contributed by atoms with Gasteiger partial charge >= 0.3 is 11.9 Å². The highest BCUT2D eigenvalue weighted by Crippen LogP contribution is 2.30. The maximum Gasteiger partial charge on any atom is 0.416 e. The van der Waals surface area contributed by atoms with Crippen molar-refractivity contribution in [1.82, 2.24) is 14.8 Å². The summed E-state index contributed by atoms with van der Waals surface area (Å²) in [5.74, 6) is -0.696. The van der Waals surface area contributed by atoms with Crippen molar-refractivity contribution in [3.63, 3.8) is 0 Å². The third kappa shape index (κ3) is 4.57. The number of carbonyl (C=O) groups is 1. The second-order valence-corrected chi connectivity index (χ2v) is 5.57. The Morgan fingerprint density at radius 3 is 2.48 bits per heavy atom. The molecular formula is C18H13F3N4O2. The van der Waals surface area contributed by atoms with Gasteiger partial charge in [0.25, 0.3) is 0 Å². The smallest absolute Gasteiger partial charge is 0.324 e. The molecule has 2 aromatic carbocycles. The fourth-order valence-electron chi connectivity index (χ4n) is 2.33. The summed E-state index contributed by atoms with van der Waals surface area (Å²) in [5.41, 5.74) is -0.602. The first-order chi connectivity index (χ1) is 12.8. The van der Waals surface area contributed by atoms with Gasteiger partial charge in [-0.05, 0) is 18.2 Å². The van der Waals surface area contributed by atoms with E-state index >= 15 is 0 Å². The second-order valence-electron chi connectivity index (χ2n) is 5.57. The number of hydrogen-bond acceptors (Lipinski definition) is 4. The number of nitrogens with one attached hydrogen (secondary N) is 1. The molecule has 1 amide bonds. The molecule has 6 nitrogen and oxygen atoms in total. The zero-order valence-corrected chi connectivity index (χ0v) is 13.8. The molecule has 0 bridgehead atoms. The molecule has 0 aliphatic carbocycles. The van der Waals surface area contributed by atoms with Crippen LogP contribution in [0, 0.1) is 0 Å². The molecule has 0 radical (unpaired) electrons. The molecule has 9 heteroatoms. The van der Waals surface area contributed by atoms with E-state index in [0.29, 0.717) is 11.3 Å². The van der Waals surface area contributed by atoms with E-state index < -0.39 is 29.9 Å². The standard InChI is InChI=1S/C18H13F3N4O2/c19-18(20,21)13-7-4-8-14(9-13)23-16(26)11-25-17(27)24-15(10-22-25)12-5-2-1-3-6-12/h1-10H,11H2,(H,23,26). The lowest BCUT2D eigenvalue weighted by Crippen LogP contribution is -2.31. The van der Waals surface area contributed by atoms with Gasteiger partial charge in [-0.3, -0.25) is 4.79 Å². The molecule has 0 unspecified atom stereocenters. The van der Waals surface area contributed by atoms with Crippen molar-refractivity contribution in [2.75, 3.05) is 5.32 Å². The minimum Gasteiger partial charge on any atom is -0.324 e.